The van der Waals surface area contributed by atoms with Gasteiger partial charge in [-0.15, -0.1) is 0 Å². The van der Waals surface area contributed by atoms with E-state index in [4.69, 9.17) is 9.47 Å². The molecule has 0 fully saturated rings. The van der Waals surface area contributed by atoms with E-state index >= 15 is 0 Å². The van der Waals surface area contributed by atoms with Crippen molar-refractivity contribution in [3.8, 4) is 17.2 Å². The van der Waals surface area contributed by atoms with Crippen molar-refractivity contribution in [2.45, 2.75) is 45.8 Å². The fourth-order valence-corrected chi connectivity index (χ4v) is 2.89. The van der Waals surface area contributed by atoms with Gasteiger partial charge in [-0.2, -0.15) is 8.78 Å². The summed E-state index contributed by atoms with van der Waals surface area (Å²) in [6.07, 6.45) is 3.12. The van der Waals surface area contributed by atoms with Crippen molar-refractivity contribution in [3.63, 3.8) is 0 Å². The van der Waals surface area contributed by atoms with Crippen LogP contribution in [0.1, 0.15) is 44.7 Å². The maximum Gasteiger partial charge on any atom is 0.387 e. The van der Waals surface area contributed by atoms with Crippen molar-refractivity contribution < 1.29 is 32.6 Å². The van der Waals surface area contributed by atoms with Crippen molar-refractivity contribution >= 4 is 17.5 Å². The number of unbranched alkanes of at least 4 members (excludes halogenated alkanes) is 2. The number of anilines is 1. The molecule has 9 heteroatoms. The van der Waals surface area contributed by atoms with Gasteiger partial charge in [0.05, 0.1) is 19.8 Å². The van der Waals surface area contributed by atoms with Crippen LogP contribution < -0.4 is 24.8 Å². The first-order valence-electron chi connectivity index (χ1n) is 10.3. The maximum atomic E-state index is 12.3. The topological polar surface area (TPSA) is 85.9 Å². The smallest absolute Gasteiger partial charge is 0.387 e. The van der Waals surface area contributed by atoms with E-state index in [9.17, 15) is 18.4 Å². The molecule has 2 aromatic carbocycles. The van der Waals surface area contributed by atoms with E-state index < -0.39 is 24.5 Å². The van der Waals surface area contributed by atoms with Gasteiger partial charge in [0.1, 0.15) is 5.75 Å². The SMILES string of the molecule is CCCCCOc1ccc(C(C)NC(=O)C(=O)Nc2cccc(OC(F)F)c2)cc1OC. The second-order valence-electron chi connectivity index (χ2n) is 7.02. The first-order valence-corrected chi connectivity index (χ1v) is 10.3. The van der Waals surface area contributed by atoms with E-state index in [2.05, 4.69) is 22.3 Å². The van der Waals surface area contributed by atoms with E-state index in [1.54, 1.807) is 25.1 Å². The molecular formula is C23H28F2N2O5. The fraction of sp³-hybridized carbons (Fsp3) is 0.391. The monoisotopic (exact) mass is 450 g/mol. The molecule has 0 radical (unpaired) electrons. The molecule has 2 rings (SSSR count). The van der Waals surface area contributed by atoms with Crippen LogP contribution in [0.4, 0.5) is 14.5 Å². The lowest BCUT2D eigenvalue weighted by molar-refractivity contribution is -0.136. The highest BCUT2D eigenvalue weighted by Crippen LogP contribution is 2.30. The summed E-state index contributed by atoms with van der Waals surface area (Å²) in [7, 11) is 1.53. The van der Waals surface area contributed by atoms with Gasteiger partial charge in [0.25, 0.3) is 0 Å². The zero-order valence-corrected chi connectivity index (χ0v) is 18.3. The number of nitrogens with one attached hydrogen (secondary N) is 2. The quantitative estimate of drug-likeness (QED) is 0.384. The zero-order valence-electron chi connectivity index (χ0n) is 18.3. The fourth-order valence-electron chi connectivity index (χ4n) is 2.89. The second kappa shape index (κ2) is 12.5. The predicted octanol–water partition coefficient (Wildman–Crippen LogP) is 4.68. The Hall–Kier alpha value is -3.36. The molecular weight excluding hydrogens is 422 g/mol. The van der Waals surface area contributed by atoms with E-state index in [1.165, 1.54) is 31.4 Å². The standard InChI is InChI=1S/C23H28F2N2O5/c1-4-5-6-12-31-19-11-10-16(13-20(19)30-3)15(2)26-21(28)22(29)27-17-8-7-9-18(14-17)32-23(24)25/h7-11,13-15,23H,4-6,12H2,1-3H3,(H,26,28)(H,27,29). The number of hydrogen-bond donors (Lipinski definition) is 2. The van der Waals surface area contributed by atoms with Crippen LogP contribution in [0.2, 0.25) is 0 Å². The number of rotatable bonds is 11. The number of alkyl halides is 2. The summed E-state index contributed by atoms with van der Waals surface area (Å²) in [5.74, 6) is -0.809. The molecule has 0 aliphatic rings. The van der Waals surface area contributed by atoms with Crippen LogP contribution in [0.3, 0.4) is 0 Å². The summed E-state index contributed by atoms with van der Waals surface area (Å²) in [4.78, 5) is 24.5. The molecule has 0 saturated carbocycles. The van der Waals surface area contributed by atoms with Gasteiger partial charge in [-0.25, -0.2) is 0 Å². The maximum absolute atomic E-state index is 12.3. The first kappa shape index (κ1) is 24.9. The molecule has 0 spiro atoms. The lowest BCUT2D eigenvalue weighted by atomic mass is 10.1. The summed E-state index contributed by atoms with van der Waals surface area (Å²) in [6.45, 7) is 1.43. The van der Waals surface area contributed by atoms with Crippen molar-refractivity contribution in [2.24, 2.45) is 0 Å². The highest BCUT2D eigenvalue weighted by molar-refractivity contribution is 6.39. The number of hydrogen-bond acceptors (Lipinski definition) is 5. The molecule has 0 heterocycles. The van der Waals surface area contributed by atoms with Gasteiger partial charge >= 0.3 is 18.4 Å². The molecule has 0 aromatic heterocycles. The third-order valence-electron chi connectivity index (χ3n) is 4.56. The van der Waals surface area contributed by atoms with Crippen LogP contribution in [0, 0.1) is 0 Å². The number of benzene rings is 2. The van der Waals surface area contributed by atoms with Gasteiger partial charge in [0.2, 0.25) is 0 Å². The van der Waals surface area contributed by atoms with Gasteiger partial charge < -0.3 is 24.8 Å². The van der Waals surface area contributed by atoms with Crippen LogP contribution in [-0.4, -0.2) is 32.1 Å². The van der Waals surface area contributed by atoms with Crippen molar-refractivity contribution in [3.05, 3.63) is 48.0 Å². The van der Waals surface area contributed by atoms with Gasteiger partial charge in [0, 0.05) is 11.8 Å². The van der Waals surface area contributed by atoms with Gasteiger partial charge in [-0.1, -0.05) is 31.9 Å². The first-order chi connectivity index (χ1) is 15.3. The minimum absolute atomic E-state index is 0.129. The van der Waals surface area contributed by atoms with Crippen LogP contribution in [0.5, 0.6) is 17.2 Å². The Kier molecular flexibility index (Phi) is 9.72. The third kappa shape index (κ3) is 7.72. The van der Waals surface area contributed by atoms with E-state index in [-0.39, 0.29) is 11.4 Å². The number of carbonyl (C=O) groups excluding carboxylic acids is 2. The minimum atomic E-state index is -2.99. The number of amides is 2. The van der Waals surface area contributed by atoms with Gasteiger partial charge in [-0.3, -0.25) is 9.59 Å². The molecule has 174 valence electrons. The molecule has 2 N–H and O–H groups in total. The van der Waals surface area contributed by atoms with Crippen LogP contribution >= 0.6 is 0 Å². The summed E-state index contributed by atoms with van der Waals surface area (Å²) in [5, 5.41) is 4.95. The van der Waals surface area contributed by atoms with Crippen LogP contribution in [0.15, 0.2) is 42.5 Å². The van der Waals surface area contributed by atoms with Crippen molar-refractivity contribution in [2.75, 3.05) is 19.0 Å². The summed E-state index contributed by atoms with van der Waals surface area (Å²) < 4.78 is 40.1. The molecule has 0 bridgehead atoms. The Morgan fingerprint density at radius 2 is 1.81 bits per heavy atom. The summed E-state index contributed by atoms with van der Waals surface area (Å²) >= 11 is 0. The highest BCUT2D eigenvalue weighted by Gasteiger charge is 2.19. The second-order valence-corrected chi connectivity index (χ2v) is 7.02. The Bertz CT molecular complexity index is 908. The number of halogens is 2. The number of carbonyl (C=O) groups is 2. The molecule has 0 aliphatic carbocycles. The Balaban J connectivity index is 1.96. The zero-order chi connectivity index (χ0) is 23.5. The Labute approximate surface area is 186 Å². The third-order valence-corrected chi connectivity index (χ3v) is 4.56. The number of ether oxygens (including phenoxy) is 3. The number of methoxy groups -OCH3 is 1. The Morgan fingerprint density at radius 3 is 2.50 bits per heavy atom. The average Bonchev–Trinajstić information content (AvgIpc) is 2.76. The molecule has 2 aromatic rings. The average molecular weight is 450 g/mol. The lowest BCUT2D eigenvalue weighted by Gasteiger charge is -2.17. The van der Waals surface area contributed by atoms with Crippen molar-refractivity contribution in [1.82, 2.24) is 5.32 Å². The molecule has 2 amide bonds. The van der Waals surface area contributed by atoms with Crippen LogP contribution in [0.25, 0.3) is 0 Å². The van der Waals surface area contributed by atoms with E-state index in [0.29, 0.717) is 18.1 Å². The molecule has 1 unspecified atom stereocenters. The molecule has 32 heavy (non-hydrogen) atoms. The van der Waals surface area contributed by atoms with Crippen molar-refractivity contribution in [1.29, 1.82) is 0 Å². The lowest BCUT2D eigenvalue weighted by Crippen LogP contribution is -2.36. The molecule has 0 saturated heterocycles. The highest BCUT2D eigenvalue weighted by atomic mass is 19.3. The molecule has 7 nitrogen and oxygen atoms in total. The largest absolute Gasteiger partial charge is 0.493 e. The van der Waals surface area contributed by atoms with Gasteiger partial charge in [-0.05, 0) is 43.2 Å². The summed E-state index contributed by atoms with van der Waals surface area (Å²) in [6, 6.07) is 10.2. The predicted molar refractivity (Wildman–Crippen MR) is 116 cm³/mol. The molecule has 1 atom stereocenters. The summed E-state index contributed by atoms with van der Waals surface area (Å²) in [5.41, 5.74) is 0.874. The normalized spacial score (nSPS) is 11.6. The van der Waals surface area contributed by atoms with E-state index in [1.807, 2.05) is 0 Å². The minimum Gasteiger partial charge on any atom is -0.493 e. The molecule has 0 aliphatic heterocycles. The Morgan fingerprint density at radius 1 is 1.03 bits per heavy atom. The van der Waals surface area contributed by atoms with E-state index in [0.717, 1.165) is 24.8 Å². The van der Waals surface area contributed by atoms with Crippen LogP contribution in [-0.2, 0) is 9.59 Å². The van der Waals surface area contributed by atoms with Gasteiger partial charge in [0.15, 0.2) is 11.5 Å².